The van der Waals surface area contributed by atoms with E-state index in [1.807, 2.05) is 19.9 Å². The predicted molar refractivity (Wildman–Crippen MR) is 84.6 cm³/mol. The molecule has 2 aromatic rings. The molecule has 0 aliphatic rings. The number of aromatic nitrogens is 1. The Balaban J connectivity index is 2.19. The molecule has 2 rings (SSSR count). The van der Waals surface area contributed by atoms with E-state index in [-0.39, 0.29) is 11.4 Å². The highest BCUT2D eigenvalue weighted by Crippen LogP contribution is 2.17. The molecule has 0 amide bonds. The highest BCUT2D eigenvalue weighted by Gasteiger charge is 2.16. The summed E-state index contributed by atoms with van der Waals surface area (Å²) in [5.74, 6) is 0. The molecule has 21 heavy (non-hydrogen) atoms. The summed E-state index contributed by atoms with van der Waals surface area (Å²) in [6, 6.07) is 5.09. The van der Waals surface area contributed by atoms with Gasteiger partial charge in [0.2, 0.25) is 10.0 Å². The average Bonchev–Trinajstić information content (AvgIpc) is 2.90. The van der Waals surface area contributed by atoms with Crippen LogP contribution in [0.25, 0.3) is 0 Å². The summed E-state index contributed by atoms with van der Waals surface area (Å²) in [7, 11) is -3.55. The smallest absolute Gasteiger partial charge is 0.240 e. The molecule has 0 saturated carbocycles. The zero-order chi connectivity index (χ0) is 15.5. The van der Waals surface area contributed by atoms with Gasteiger partial charge in [-0.3, -0.25) is 0 Å². The van der Waals surface area contributed by atoms with Gasteiger partial charge in [0.15, 0.2) is 0 Å². The largest absolute Gasteiger partial charge is 0.326 e. The van der Waals surface area contributed by atoms with Gasteiger partial charge in [0.1, 0.15) is 5.01 Å². The standard InChI is InChI=1S/C14H19N3O2S2/c1-3-11-4-5-13(6-12(11)7-15)21(18,19)17-9-14-16-8-10(2)20-14/h4-6,8,17H,3,7,9,15H2,1-2H3. The molecule has 0 fully saturated rings. The Labute approximate surface area is 129 Å². The van der Waals surface area contributed by atoms with Gasteiger partial charge in [0.25, 0.3) is 0 Å². The van der Waals surface area contributed by atoms with Crippen molar-refractivity contribution in [2.45, 2.75) is 38.3 Å². The number of rotatable bonds is 6. The first kappa shape index (κ1) is 16.1. The van der Waals surface area contributed by atoms with E-state index in [0.717, 1.165) is 27.4 Å². The minimum atomic E-state index is -3.55. The summed E-state index contributed by atoms with van der Waals surface area (Å²) in [6.07, 6.45) is 2.57. The van der Waals surface area contributed by atoms with E-state index >= 15 is 0 Å². The van der Waals surface area contributed by atoms with Crippen molar-refractivity contribution in [1.29, 1.82) is 0 Å². The lowest BCUT2D eigenvalue weighted by atomic mass is 10.1. The Bertz CT molecular complexity index is 724. The number of nitrogens with one attached hydrogen (secondary N) is 1. The van der Waals surface area contributed by atoms with Crippen molar-refractivity contribution in [2.75, 3.05) is 0 Å². The van der Waals surface area contributed by atoms with Gasteiger partial charge in [-0.25, -0.2) is 18.1 Å². The molecule has 3 N–H and O–H groups in total. The van der Waals surface area contributed by atoms with Gasteiger partial charge in [-0.15, -0.1) is 11.3 Å². The third-order valence-electron chi connectivity index (χ3n) is 3.17. The van der Waals surface area contributed by atoms with Gasteiger partial charge in [-0.2, -0.15) is 0 Å². The van der Waals surface area contributed by atoms with Crippen LogP contribution in [0.15, 0.2) is 29.3 Å². The summed E-state index contributed by atoms with van der Waals surface area (Å²) in [5.41, 5.74) is 7.62. The third kappa shape index (κ3) is 3.88. The molecule has 0 saturated heterocycles. The summed E-state index contributed by atoms with van der Waals surface area (Å²) >= 11 is 1.48. The van der Waals surface area contributed by atoms with E-state index in [9.17, 15) is 8.42 Å². The van der Waals surface area contributed by atoms with E-state index in [4.69, 9.17) is 5.73 Å². The van der Waals surface area contributed by atoms with Crippen LogP contribution in [-0.2, 0) is 29.5 Å². The average molecular weight is 325 g/mol. The van der Waals surface area contributed by atoms with Gasteiger partial charge in [-0.05, 0) is 36.6 Å². The summed E-state index contributed by atoms with van der Waals surface area (Å²) in [4.78, 5) is 5.45. The van der Waals surface area contributed by atoms with Crippen molar-refractivity contribution >= 4 is 21.4 Å². The first-order chi connectivity index (χ1) is 9.96. The normalized spacial score (nSPS) is 11.8. The van der Waals surface area contributed by atoms with E-state index in [2.05, 4.69) is 9.71 Å². The molecule has 0 aliphatic heterocycles. The number of nitrogens with zero attached hydrogens (tertiary/aromatic N) is 1. The lowest BCUT2D eigenvalue weighted by molar-refractivity contribution is 0.581. The second-order valence-corrected chi connectivity index (χ2v) is 7.76. The Hall–Kier alpha value is -1.28. The van der Waals surface area contributed by atoms with Gasteiger partial charge < -0.3 is 5.73 Å². The van der Waals surface area contributed by atoms with Crippen LogP contribution in [0.1, 0.15) is 27.9 Å². The van der Waals surface area contributed by atoms with Crippen LogP contribution < -0.4 is 10.5 Å². The van der Waals surface area contributed by atoms with Gasteiger partial charge in [0, 0.05) is 17.6 Å². The van der Waals surface area contributed by atoms with E-state index in [0.29, 0.717) is 6.54 Å². The maximum Gasteiger partial charge on any atom is 0.240 e. The molecule has 7 heteroatoms. The fourth-order valence-electron chi connectivity index (χ4n) is 2.03. The van der Waals surface area contributed by atoms with Crippen molar-refractivity contribution in [3.63, 3.8) is 0 Å². The van der Waals surface area contributed by atoms with Crippen LogP contribution in [0.2, 0.25) is 0 Å². The molecule has 0 unspecified atom stereocenters. The van der Waals surface area contributed by atoms with Crippen molar-refractivity contribution in [2.24, 2.45) is 5.73 Å². The number of thiazole rings is 1. The second-order valence-electron chi connectivity index (χ2n) is 4.68. The number of nitrogens with two attached hydrogens (primary N) is 1. The first-order valence-electron chi connectivity index (χ1n) is 6.69. The Morgan fingerprint density at radius 2 is 2.10 bits per heavy atom. The molecule has 0 radical (unpaired) electrons. The van der Waals surface area contributed by atoms with Crippen molar-refractivity contribution in [3.05, 3.63) is 45.4 Å². The van der Waals surface area contributed by atoms with Crippen LogP contribution in [0.3, 0.4) is 0 Å². The molecule has 0 spiro atoms. The van der Waals surface area contributed by atoms with E-state index in [1.54, 1.807) is 18.3 Å². The van der Waals surface area contributed by atoms with Crippen LogP contribution in [0, 0.1) is 6.92 Å². The van der Waals surface area contributed by atoms with Crippen molar-refractivity contribution < 1.29 is 8.42 Å². The highest BCUT2D eigenvalue weighted by atomic mass is 32.2. The van der Waals surface area contributed by atoms with Crippen LogP contribution in [-0.4, -0.2) is 13.4 Å². The number of hydrogen-bond acceptors (Lipinski definition) is 5. The van der Waals surface area contributed by atoms with Crippen LogP contribution in [0.5, 0.6) is 0 Å². The van der Waals surface area contributed by atoms with Gasteiger partial charge in [0.05, 0.1) is 11.4 Å². The van der Waals surface area contributed by atoms with Crippen molar-refractivity contribution in [3.8, 4) is 0 Å². The molecular weight excluding hydrogens is 306 g/mol. The topological polar surface area (TPSA) is 85.1 Å². The molecule has 114 valence electrons. The molecule has 0 atom stereocenters. The van der Waals surface area contributed by atoms with Gasteiger partial charge >= 0.3 is 0 Å². The maximum atomic E-state index is 12.3. The Morgan fingerprint density at radius 1 is 1.33 bits per heavy atom. The zero-order valence-electron chi connectivity index (χ0n) is 12.1. The monoisotopic (exact) mass is 325 g/mol. The van der Waals surface area contributed by atoms with Gasteiger partial charge in [-0.1, -0.05) is 13.0 Å². The fraction of sp³-hybridized carbons (Fsp3) is 0.357. The van der Waals surface area contributed by atoms with E-state index in [1.165, 1.54) is 11.3 Å². The quantitative estimate of drug-likeness (QED) is 0.850. The molecule has 1 heterocycles. The second kappa shape index (κ2) is 6.65. The van der Waals surface area contributed by atoms with Crippen molar-refractivity contribution in [1.82, 2.24) is 9.71 Å². The van der Waals surface area contributed by atoms with Crippen LogP contribution in [0.4, 0.5) is 0 Å². The Kier molecular flexibility index (Phi) is 5.10. The molecule has 0 aliphatic carbocycles. The Morgan fingerprint density at radius 3 is 2.67 bits per heavy atom. The highest BCUT2D eigenvalue weighted by molar-refractivity contribution is 7.89. The summed E-state index contributed by atoms with van der Waals surface area (Å²) < 4.78 is 27.2. The fourth-order valence-corrected chi connectivity index (χ4v) is 3.88. The van der Waals surface area contributed by atoms with Crippen LogP contribution >= 0.6 is 11.3 Å². The summed E-state index contributed by atoms with van der Waals surface area (Å²) in [5, 5.41) is 0.750. The number of sulfonamides is 1. The number of benzene rings is 1. The molecule has 5 nitrogen and oxygen atoms in total. The lowest BCUT2D eigenvalue weighted by Gasteiger charge is -2.10. The first-order valence-corrected chi connectivity index (χ1v) is 8.99. The number of aryl methyl sites for hydroxylation is 2. The molecule has 1 aromatic heterocycles. The lowest BCUT2D eigenvalue weighted by Crippen LogP contribution is -2.23. The maximum absolute atomic E-state index is 12.3. The predicted octanol–water partition coefficient (Wildman–Crippen LogP) is 1.95. The minimum absolute atomic E-state index is 0.203. The van der Waals surface area contributed by atoms with E-state index < -0.39 is 10.0 Å². The SMILES string of the molecule is CCc1ccc(S(=O)(=O)NCc2ncc(C)s2)cc1CN. The minimum Gasteiger partial charge on any atom is -0.326 e. The zero-order valence-corrected chi connectivity index (χ0v) is 13.7. The molecule has 0 bridgehead atoms. The third-order valence-corrected chi connectivity index (χ3v) is 5.48. The molecular formula is C14H19N3O2S2. The molecule has 1 aromatic carbocycles. The number of hydrogen-bond donors (Lipinski definition) is 2. The summed E-state index contributed by atoms with van der Waals surface area (Å²) in [6.45, 7) is 4.49.